The molecule has 0 fully saturated rings. The monoisotopic (exact) mass is 208 g/mol. The molecule has 1 aromatic rings. The van der Waals surface area contributed by atoms with Gasteiger partial charge in [0.05, 0.1) is 6.61 Å². The Kier molecular flexibility index (Phi) is 4.43. The summed E-state index contributed by atoms with van der Waals surface area (Å²) in [5.74, 6) is 0.937. The summed E-state index contributed by atoms with van der Waals surface area (Å²) in [7, 11) is 2.08. The highest BCUT2D eigenvalue weighted by Gasteiger charge is 2.06. The second-order valence-electron chi connectivity index (χ2n) is 3.63. The highest BCUT2D eigenvalue weighted by Crippen LogP contribution is 2.22. The Hall–Kier alpha value is -1.22. The van der Waals surface area contributed by atoms with Gasteiger partial charge in [0.25, 0.3) is 0 Å². The van der Waals surface area contributed by atoms with Gasteiger partial charge in [-0.1, -0.05) is 6.92 Å². The van der Waals surface area contributed by atoms with Crippen LogP contribution in [0.4, 0.5) is 5.69 Å². The molecule has 1 rings (SSSR count). The number of nitrogen functional groups attached to an aromatic ring is 1. The van der Waals surface area contributed by atoms with Gasteiger partial charge in [0.1, 0.15) is 5.75 Å². The van der Waals surface area contributed by atoms with Gasteiger partial charge in [-0.05, 0) is 38.7 Å². The van der Waals surface area contributed by atoms with Crippen molar-refractivity contribution in [2.24, 2.45) is 0 Å². The molecule has 0 bridgehead atoms. The van der Waals surface area contributed by atoms with Crippen molar-refractivity contribution < 1.29 is 4.74 Å². The molecule has 0 saturated carbocycles. The summed E-state index contributed by atoms with van der Waals surface area (Å²) in [5, 5.41) is 0. The van der Waals surface area contributed by atoms with Crippen LogP contribution in [-0.2, 0) is 6.54 Å². The molecule has 1 aromatic carbocycles. The predicted molar refractivity (Wildman–Crippen MR) is 64.0 cm³/mol. The molecule has 0 saturated heterocycles. The zero-order valence-electron chi connectivity index (χ0n) is 9.79. The van der Waals surface area contributed by atoms with Gasteiger partial charge in [-0.3, -0.25) is 0 Å². The van der Waals surface area contributed by atoms with Crippen molar-refractivity contribution in [2.75, 3.05) is 25.9 Å². The Bertz CT molecular complexity index is 312. The molecular weight excluding hydrogens is 188 g/mol. The first-order valence-corrected chi connectivity index (χ1v) is 5.37. The van der Waals surface area contributed by atoms with Gasteiger partial charge in [0.2, 0.25) is 0 Å². The van der Waals surface area contributed by atoms with E-state index in [1.165, 1.54) is 0 Å². The van der Waals surface area contributed by atoms with Crippen LogP contribution in [-0.4, -0.2) is 25.1 Å². The van der Waals surface area contributed by atoms with Crippen molar-refractivity contribution in [3.63, 3.8) is 0 Å². The Balaban J connectivity index is 2.86. The molecule has 0 aliphatic rings. The van der Waals surface area contributed by atoms with Gasteiger partial charge in [0, 0.05) is 17.8 Å². The van der Waals surface area contributed by atoms with E-state index in [-0.39, 0.29) is 0 Å². The minimum Gasteiger partial charge on any atom is -0.494 e. The molecule has 0 amide bonds. The Morgan fingerprint density at radius 1 is 1.33 bits per heavy atom. The molecule has 3 nitrogen and oxygen atoms in total. The molecule has 0 unspecified atom stereocenters. The van der Waals surface area contributed by atoms with Gasteiger partial charge in [0.15, 0.2) is 0 Å². The third-order valence-electron chi connectivity index (χ3n) is 2.36. The van der Waals surface area contributed by atoms with Gasteiger partial charge < -0.3 is 15.4 Å². The van der Waals surface area contributed by atoms with Crippen LogP contribution in [0.15, 0.2) is 18.2 Å². The van der Waals surface area contributed by atoms with Gasteiger partial charge >= 0.3 is 0 Å². The van der Waals surface area contributed by atoms with E-state index in [1.54, 1.807) is 0 Å². The van der Waals surface area contributed by atoms with E-state index >= 15 is 0 Å². The zero-order chi connectivity index (χ0) is 11.3. The van der Waals surface area contributed by atoms with Crippen molar-refractivity contribution in [1.29, 1.82) is 0 Å². The van der Waals surface area contributed by atoms with Crippen molar-refractivity contribution in [1.82, 2.24) is 4.90 Å². The topological polar surface area (TPSA) is 38.5 Å². The molecular formula is C12H20N2O. The number of rotatable bonds is 5. The minimum atomic E-state index is 0.687. The fourth-order valence-electron chi connectivity index (χ4n) is 1.42. The number of nitrogens with zero attached hydrogens (tertiary/aromatic N) is 1. The number of hydrogen-bond donors (Lipinski definition) is 1. The first-order valence-electron chi connectivity index (χ1n) is 5.37. The van der Waals surface area contributed by atoms with Crippen LogP contribution in [0.3, 0.4) is 0 Å². The quantitative estimate of drug-likeness (QED) is 0.753. The van der Waals surface area contributed by atoms with Crippen LogP contribution in [0.2, 0.25) is 0 Å². The summed E-state index contributed by atoms with van der Waals surface area (Å²) in [6.07, 6.45) is 0. The fraction of sp³-hybridized carbons (Fsp3) is 0.500. The van der Waals surface area contributed by atoms with Crippen molar-refractivity contribution >= 4 is 5.69 Å². The maximum atomic E-state index is 5.77. The van der Waals surface area contributed by atoms with Gasteiger partial charge in [-0.2, -0.15) is 0 Å². The third-order valence-corrected chi connectivity index (χ3v) is 2.36. The Morgan fingerprint density at radius 3 is 2.67 bits per heavy atom. The highest BCUT2D eigenvalue weighted by molar-refractivity contribution is 5.47. The molecule has 0 atom stereocenters. The molecule has 0 radical (unpaired) electrons. The smallest absolute Gasteiger partial charge is 0.123 e. The molecule has 84 valence electrons. The van der Waals surface area contributed by atoms with E-state index in [9.17, 15) is 0 Å². The summed E-state index contributed by atoms with van der Waals surface area (Å²) in [6.45, 7) is 6.69. The Labute approximate surface area is 91.8 Å². The number of ether oxygens (including phenoxy) is 1. The predicted octanol–water partition coefficient (Wildman–Crippen LogP) is 2.12. The molecule has 0 aliphatic carbocycles. The Morgan fingerprint density at radius 2 is 2.07 bits per heavy atom. The first kappa shape index (κ1) is 11.9. The van der Waals surface area contributed by atoms with Crippen LogP contribution in [0.5, 0.6) is 5.75 Å². The normalized spacial score (nSPS) is 10.7. The maximum Gasteiger partial charge on any atom is 0.123 e. The summed E-state index contributed by atoms with van der Waals surface area (Å²) in [6, 6.07) is 5.80. The molecule has 0 heterocycles. The lowest BCUT2D eigenvalue weighted by atomic mass is 10.1. The lowest BCUT2D eigenvalue weighted by Gasteiger charge is -2.17. The van der Waals surface area contributed by atoms with Crippen LogP contribution in [0.25, 0.3) is 0 Å². The molecule has 15 heavy (non-hydrogen) atoms. The van der Waals surface area contributed by atoms with Crippen LogP contribution >= 0.6 is 0 Å². The second-order valence-corrected chi connectivity index (χ2v) is 3.63. The van der Waals surface area contributed by atoms with Crippen molar-refractivity contribution in [2.45, 2.75) is 20.4 Å². The average Bonchev–Trinajstić information content (AvgIpc) is 2.22. The van der Waals surface area contributed by atoms with Crippen LogP contribution in [0, 0.1) is 0 Å². The summed E-state index contributed by atoms with van der Waals surface area (Å²) >= 11 is 0. The number of anilines is 1. The second kappa shape index (κ2) is 5.61. The minimum absolute atomic E-state index is 0.687. The van der Waals surface area contributed by atoms with Gasteiger partial charge in [-0.15, -0.1) is 0 Å². The van der Waals surface area contributed by atoms with E-state index in [2.05, 4.69) is 18.9 Å². The maximum absolute atomic E-state index is 5.77. The fourth-order valence-corrected chi connectivity index (χ4v) is 1.42. The largest absolute Gasteiger partial charge is 0.494 e. The van der Waals surface area contributed by atoms with Crippen LogP contribution in [0.1, 0.15) is 19.4 Å². The van der Waals surface area contributed by atoms with E-state index in [1.807, 2.05) is 25.1 Å². The summed E-state index contributed by atoms with van der Waals surface area (Å²) < 4.78 is 5.56. The molecule has 3 heteroatoms. The summed E-state index contributed by atoms with van der Waals surface area (Å²) in [5.41, 5.74) is 7.71. The standard InChI is InChI=1S/C12H20N2O/c1-4-14(3)9-10-8-11(13)6-7-12(10)15-5-2/h6-8H,4-5,9,13H2,1-3H3. The molecule has 2 N–H and O–H groups in total. The number of hydrogen-bond acceptors (Lipinski definition) is 3. The lowest BCUT2D eigenvalue weighted by molar-refractivity contribution is 0.311. The van der Waals surface area contributed by atoms with E-state index < -0.39 is 0 Å². The van der Waals surface area contributed by atoms with Gasteiger partial charge in [-0.25, -0.2) is 0 Å². The average molecular weight is 208 g/mol. The number of benzene rings is 1. The third kappa shape index (κ3) is 3.44. The van der Waals surface area contributed by atoms with E-state index in [0.717, 1.165) is 30.1 Å². The zero-order valence-corrected chi connectivity index (χ0v) is 9.79. The van der Waals surface area contributed by atoms with E-state index in [4.69, 9.17) is 10.5 Å². The highest BCUT2D eigenvalue weighted by atomic mass is 16.5. The van der Waals surface area contributed by atoms with Crippen molar-refractivity contribution in [3.8, 4) is 5.75 Å². The van der Waals surface area contributed by atoms with E-state index in [0.29, 0.717) is 6.61 Å². The number of nitrogens with two attached hydrogens (primary N) is 1. The molecule has 0 aromatic heterocycles. The molecule has 0 spiro atoms. The molecule has 0 aliphatic heterocycles. The van der Waals surface area contributed by atoms with Crippen LogP contribution < -0.4 is 10.5 Å². The van der Waals surface area contributed by atoms with Crippen molar-refractivity contribution in [3.05, 3.63) is 23.8 Å². The summed E-state index contributed by atoms with van der Waals surface area (Å²) in [4.78, 5) is 2.22. The first-order chi connectivity index (χ1) is 7.17. The lowest BCUT2D eigenvalue weighted by Crippen LogP contribution is -2.17. The SMILES string of the molecule is CCOc1ccc(N)cc1CN(C)CC.